The fraction of sp³-hybridized carbons (Fsp3) is 0.417. The molecule has 0 saturated carbocycles. The van der Waals surface area contributed by atoms with Gasteiger partial charge in [0.2, 0.25) is 0 Å². The summed E-state index contributed by atoms with van der Waals surface area (Å²) >= 11 is 5.91. The van der Waals surface area contributed by atoms with Gasteiger partial charge in [0, 0.05) is 23.8 Å². The number of ketones is 1. The number of hydrogen-bond acceptors (Lipinski definition) is 6. The van der Waals surface area contributed by atoms with Crippen LogP contribution in [0.3, 0.4) is 0 Å². The van der Waals surface area contributed by atoms with Gasteiger partial charge >= 0.3 is 5.97 Å². The molecule has 0 unspecified atom stereocenters. The molecule has 2 rings (SSSR count). The molecule has 2 aromatic rings. The van der Waals surface area contributed by atoms with Gasteiger partial charge in [-0.2, -0.15) is 24.4 Å². The fourth-order valence-corrected chi connectivity index (χ4v) is 4.06. The van der Waals surface area contributed by atoms with Gasteiger partial charge in [0.15, 0.2) is 5.78 Å². The van der Waals surface area contributed by atoms with E-state index in [1.54, 1.807) is 11.8 Å². The monoisotopic (exact) mass is 445 g/mol. The molecule has 2 atom stereocenters. The molecule has 0 aliphatic heterocycles. The highest BCUT2D eigenvalue weighted by atomic mass is 32.2. The molecule has 30 heavy (non-hydrogen) atoms. The smallest absolute Gasteiger partial charge is 0.309 e. The van der Waals surface area contributed by atoms with Crippen LogP contribution in [0.1, 0.15) is 35.2 Å². The van der Waals surface area contributed by atoms with Crippen LogP contribution >= 0.6 is 24.4 Å². The maximum absolute atomic E-state index is 13.2. The minimum atomic E-state index is -0.424. The number of carbonyl (C=O) groups excluding carboxylic acids is 2. The van der Waals surface area contributed by atoms with Crippen molar-refractivity contribution >= 4 is 36.1 Å². The SMILES string of the molecule is COC(=O)[C@H](CCSC)CC(=O)c1ccc(CC[C@@H](N)CS)cc1-c1ccccc1. The van der Waals surface area contributed by atoms with E-state index in [1.165, 1.54) is 7.11 Å². The van der Waals surface area contributed by atoms with Crippen molar-refractivity contribution in [2.75, 3.05) is 24.9 Å². The van der Waals surface area contributed by atoms with Crippen LogP contribution in [-0.4, -0.2) is 42.7 Å². The third-order valence-corrected chi connectivity index (χ3v) is 6.26. The van der Waals surface area contributed by atoms with Crippen molar-refractivity contribution < 1.29 is 14.3 Å². The van der Waals surface area contributed by atoms with Crippen LogP contribution in [0.4, 0.5) is 0 Å². The van der Waals surface area contributed by atoms with Crippen molar-refractivity contribution in [1.29, 1.82) is 0 Å². The average Bonchev–Trinajstić information content (AvgIpc) is 2.79. The number of hydrogen-bond donors (Lipinski definition) is 2. The van der Waals surface area contributed by atoms with Gasteiger partial charge in [0.1, 0.15) is 0 Å². The normalized spacial score (nSPS) is 12.9. The third-order valence-electron chi connectivity index (χ3n) is 5.14. The number of ether oxygens (including phenoxy) is 1. The molecule has 4 nitrogen and oxygen atoms in total. The lowest BCUT2D eigenvalue weighted by Crippen LogP contribution is -2.22. The summed E-state index contributed by atoms with van der Waals surface area (Å²) in [6.45, 7) is 0. The largest absolute Gasteiger partial charge is 0.469 e. The van der Waals surface area contributed by atoms with Crippen molar-refractivity contribution in [1.82, 2.24) is 0 Å². The van der Waals surface area contributed by atoms with Crippen molar-refractivity contribution in [2.45, 2.75) is 31.7 Å². The van der Waals surface area contributed by atoms with Crippen LogP contribution in [0.15, 0.2) is 48.5 Å². The number of nitrogens with two attached hydrogens (primary N) is 1. The second kappa shape index (κ2) is 12.8. The molecule has 0 aliphatic rings. The summed E-state index contributed by atoms with van der Waals surface area (Å²) in [5.41, 5.74) is 9.66. The summed E-state index contributed by atoms with van der Waals surface area (Å²) in [7, 11) is 1.37. The highest BCUT2D eigenvalue weighted by molar-refractivity contribution is 7.98. The molecule has 2 N–H and O–H groups in total. The average molecular weight is 446 g/mol. The molecular formula is C24H31NO3S2. The summed E-state index contributed by atoms with van der Waals surface area (Å²) in [5, 5.41) is 0. The molecule has 0 aromatic heterocycles. The highest BCUT2D eigenvalue weighted by Gasteiger charge is 2.24. The summed E-state index contributed by atoms with van der Waals surface area (Å²) in [5.74, 6) is 0.669. The van der Waals surface area contributed by atoms with Gasteiger partial charge in [0.25, 0.3) is 0 Å². The van der Waals surface area contributed by atoms with Crippen molar-refractivity contribution in [3.63, 3.8) is 0 Å². The second-order valence-electron chi connectivity index (χ2n) is 7.36. The quantitative estimate of drug-likeness (QED) is 0.283. The number of esters is 1. The van der Waals surface area contributed by atoms with Crippen molar-refractivity contribution in [3.8, 4) is 11.1 Å². The molecule has 0 bridgehead atoms. The van der Waals surface area contributed by atoms with Gasteiger partial charge in [-0.3, -0.25) is 9.59 Å². The van der Waals surface area contributed by atoms with Crippen LogP contribution in [0.25, 0.3) is 11.1 Å². The Morgan fingerprint density at radius 1 is 1.13 bits per heavy atom. The van der Waals surface area contributed by atoms with Gasteiger partial charge in [-0.05, 0) is 48.0 Å². The summed E-state index contributed by atoms with van der Waals surface area (Å²) in [4.78, 5) is 25.4. The zero-order valence-corrected chi connectivity index (χ0v) is 19.4. The fourth-order valence-electron chi connectivity index (χ4n) is 3.35. The topological polar surface area (TPSA) is 69.4 Å². The van der Waals surface area contributed by atoms with Crippen LogP contribution in [-0.2, 0) is 16.0 Å². The molecule has 0 aliphatic carbocycles. The predicted molar refractivity (Wildman–Crippen MR) is 129 cm³/mol. The number of carbonyl (C=O) groups is 2. The van der Waals surface area contributed by atoms with Crippen molar-refractivity contribution in [3.05, 3.63) is 59.7 Å². The molecule has 0 saturated heterocycles. The van der Waals surface area contributed by atoms with E-state index >= 15 is 0 Å². The van der Waals surface area contributed by atoms with E-state index in [0.29, 0.717) is 17.7 Å². The summed E-state index contributed by atoms with van der Waals surface area (Å²) in [6, 6.07) is 15.9. The first kappa shape index (κ1) is 24.5. The Morgan fingerprint density at radius 3 is 2.50 bits per heavy atom. The molecule has 162 valence electrons. The van der Waals surface area contributed by atoms with E-state index in [9.17, 15) is 9.59 Å². The first-order chi connectivity index (χ1) is 14.5. The molecule has 0 heterocycles. The number of aryl methyl sites for hydroxylation is 1. The zero-order chi connectivity index (χ0) is 21.9. The first-order valence-electron chi connectivity index (χ1n) is 10.1. The highest BCUT2D eigenvalue weighted by Crippen LogP contribution is 2.28. The van der Waals surface area contributed by atoms with E-state index in [1.807, 2.05) is 48.7 Å². The molecule has 6 heteroatoms. The molecule has 0 radical (unpaired) electrons. The molecule has 2 aromatic carbocycles. The Kier molecular flexibility index (Phi) is 10.5. The maximum atomic E-state index is 13.2. The predicted octanol–water partition coefficient (Wildman–Crippen LogP) is 4.66. The summed E-state index contributed by atoms with van der Waals surface area (Å²) in [6.07, 6.45) is 4.43. The van der Waals surface area contributed by atoms with E-state index in [2.05, 4.69) is 18.7 Å². The second-order valence-corrected chi connectivity index (χ2v) is 8.71. The van der Waals surface area contributed by atoms with E-state index in [0.717, 1.165) is 35.3 Å². The molecule has 0 fully saturated rings. The Bertz CT molecular complexity index is 826. The van der Waals surface area contributed by atoms with Gasteiger partial charge in [0.05, 0.1) is 13.0 Å². The number of methoxy groups -OCH3 is 1. The Morgan fingerprint density at radius 2 is 1.87 bits per heavy atom. The zero-order valence-electron chi connectivity index (χ0n) is 17.7. The van der Waals surface area contributed by atoms with E-state index < -0.39 is 5.92 Å². The number of benzene rings is 2. The molecule has 0 amide bonds. The minimum absolute atomic E-state index is 0.0380. The minimum Gasteiger partial charge on any atom is -0.469 e. The van der Waals surface area contributed by atoms with Crippen molar-refractivity contribution in [2.24, 2.45) is 11.7 Å². The molecule has 0 spiro atoms. The van der Waals surface area contributed by atoms with Gasteiger partial charge < -0.3 is 10.5 Å². The Hall–Kier alpha value is -1.76. The number of thiol groups is 1. The van der Waals surface area contributed by atoms with Gasteiger partial charge in [-0.1, -0.05) is 48.5 Å². The lowest BCUT2D eigenvalue weighted by molar-refractivity contribution is -0.145. The van der Waals surface area contributed by atoms with Crippen LogP contribution < -0.4 is 5.73 Å². The Labute approximate surface area is 189 Å². The third kappa shape index (κ3) is 7.18. The number of Topliss-reactive ketones (excluding diaryl/α,β-unsaturated/α-hetero) is 1. The lowest BCUT2D eigenvalue weighted by atomic mass is 9.89. The lowest BCUT2D eigenvalue weighted by Gasteiger charge is -2.16. The van der Waals surface area contributed by atoms with Crippen LogP contribution in [0.5, 0.6) is 0 Å². The van der Waals surface area contributed by atoms with Gasteiger partial charge in [-0.15, -0.1) is 0 Å². The number of rotatable bonds is 12. The maximum Gasteiger partial charge on any atom is 0.309 e. The summed E-state index contributed by atoms with van der Waals surface area (Å²) < 4.78 is 4.93. The molecular weight excluding hydrogens is 414 g/mol. The Balaban J connectivity index is 2.32. The van der Waals surface area contributed by atoms with Gasteiger partial charge in [-0.25, -0.2) is 0 Å². The van der Waals surface area contributed by atoms with E-state index in [4.69, 9.17) is 10.5 Å². The number of thioether (sulfide) groups is 1. The standard InChI is InChI=1S/C24H31NO3S2/c1-28-24(27)19(12-13-30-2)15-23(26)21-11-9-17(8-10-20(25)16-29)14-22(21)18-6-4-3-5-7-18/h3-7,9,11,14,19-20,29H,8,10,12-13,15-16,25H2,1-2H3/t19-,20-/m1/s1. The van der Waals surface area contributed by atoms with E-state index in [-0.39, 0.29) is 24.2 Å². The first-order valence-corrected chi connectivity index (χ1v) is 12.2. The van der Waals surface area contributed by atoms with Crippen LogP contribution in [0.2, 0.25) is 0 Å². The van der Waals surface area contributed by atoms with Crippen LogP contribution in [0, 0.1) is 5.92 Å².